The van der Waals surface area contributed by atoms with Crippen molar-refractivity contribution in [1.29, 1.82) is 0 Å². The van der Waals surface area contributed by atoms with Gasteiger partial charge in [0.25, 0.3) is 0 Å². The molecule has 0 aliphatic carbocycles. The van der Waals surface area contributed by atoms with E-state index in [4.69, 9.17) is 0 Å². The van der Waals surface area contributed by atoms with Crippen LogP contribution in [0.3, 0.4) is 0 Å². The molecule has 1 atom stereocenters. The molecule has 0 aliphatic rings. The Labute approximate surface area is 163 Å². The third kappa shape index (κ3) is 7.43. The van der Waals surface area contributed by atoms with Crippen LogP contribution in [0.15, 0.2) is 36.7 Å². The molecule has 0 aliphatic heterocycles. The van der Waals surface area contributed by atoms with Crippen LogP contribution in [0.2, 0.25) is 0 Å². The number of nitrogens with one attached hydrogen (secondary N) is 2. The predicted octanol–water partition coefficient (Wildman–Crippen LogP) is 3.02. The van der Waals surface area contributed by atoms with E-state index in [0.29, 0.717) is 12.5 Å². The van der Waals surface area contributed by atoms with E-state index in [2.05, 4.69) is 51.1 Å². The summed E-state index contributed by atoms with van der Waals surface area (Å²) in [5, 5.41) is 6.09. The van der Waals surface area contributed by atoms with Crippen molar-refractivity contribution in [3.05, 3.63) is 53.6 Å². The van der Waals surface area contributed by atoms with Gasteiger partial charge >= 0.3 is 6.03 Å². The number of hydrogen-bond donors (Lipinski definition) is 2. The normalized spacial score (nSPS) is 12.4. The van der Waals surface area contributed by atoms with Crippen molar-refractivity contribution in [2.24, 2.45) is 5.92 Å². The van der Waals surface area contributed by atoms with E-state index in [9.17, 15) is 4.79 Å². The van der Waals surface area contributed by atoms with E-state index in [1.807, 2.05) is 45.5 Å². The van der Waals surface area contributed by atoms with Crippen molar-refractivity contribution in [3.8, 4) is 0 Å². The molecule has 0 spiro atoms. The van der Waals surface area contributed by atoms with Crippen molar-refractivity contribution >= 4 is 6.03 Å². The number of aromatic nitrogens is 2. The molecule has 0 saturated heterocycles. The van der Waals surface area contributed by atoms with Gasteiger partial charge in [0.1, 0.15) is 5.82 Å². The Morgan fingerprint density at radius 2 is 2.00 bits per heavy atom. The van der Waals surface area contributed by atoms with Gasteiger partial charge < -0.3 is 20.1 Å². The maximum absolute atomic E-state index is 12.3. The summed E-state index contributed by atoms with van der Waals surface area (Å²) in [5.41, 5.74) is 2.29. The van der Waals surface area contributed by atoms with Crippen LogP contribution in [0.1, 0.15) is 37.2 Å². The molecule has 148 valence electrons. The molecule has 1 aromatic heterocycles. The molecule has 1 unspecified atom stereocenters. The second kappa shape index (κ2) is 10.1. The standard InChI is InChI=1S/C21H33N5O/c1-16(2)11-20(15-25(4)5)24-21(27)23-13-18-7-6-8-19(12-18)14-26-10-9-22-17(26)3/h6-10,12,16,20H,11,13-15H2,1-5H3,(H2,23,24,27). The van der Waals surface area contributed by atoms with Crippen molar-refractivity contribution in [2.75, 3.05) is 20.6 Å². The highest BCUT2D eigenvalue weighted by molar-refractivity contribution is 5.74. The van der Waals surface area contributed by atoms with Crippen LogP contribution in [0.25, 0.3) is 0 Å². The minimum absolute atomic E-state index is 0.113. The fraction of sp³-hybridized carbons (Fsp3) is 0.524. The lowest BCUT2D eigenvalue weighted by Crippen LogP contribution is -2.46. The van der Waals surface area contributed by atoms with Crippen LogP contribution < -0.4 is 10.6 Å². The van der Waals surface area contributed by atoms with Crippen LogP contribution in [-0.2, 0) is 13.1 Å². The first-order chi connectivity index (χ1) is 12.8. The molecule has 2 rings (SSSR count). The molecule has 27 heavy (non-hydrogen) atoms. The second-order valence-electron chi connectivity index (χ2n) is 7.84. The number of carbonyl (C=O) groups is 1. The molecule has 1 heterocycles. The van der Waals surface area contributed by atoms with Crippen molar-refractivity contribution in [3.63, 3.8) is 0 Å². The number of hydrogen-bond acceptors (Lipinski definition) is 3. The number of benzene rings is 1. The largest absolute Gasteiger partial charge is 0.334 e. The quantitative estimate of drug-likeness (QED) is 0.712. The Morgan fingerprint density at radius 1 is 1.26 bits per heavy atom. The topological polar surface area (TPSA) is 62.2 Å². The lowest BCUT2D eigenvalue weighted by Gasteiger charge is -2.24. The van der Waals surface area contributed by atoms with Crippen LogP contribution in [-0.4, -0.2) is 47.2 Å². The van der Waals surface area contributed by atoms with Crippen molar-refractivity contribution in [1.82, 2.24) is 25.1 Å². The molecule has 2 amide bonds. The molecule has 0 saturated carbocycles. The molecular weight excluding hydrogens is 338 g/mol. The zero-order chi connectivity index (χ0) is 19.8. The summed E-state index contributed by atoms with van der Waals surface area (Å²) >= 11 is 0. The Morgan fingerprint density at radius 3 is 2.63 bits per heavy atom. The van der Waals surface area contributed by atoms with Crippen LogP contribution in [0.4, 0.5) is 4.79 Å². The summed E-state index contributed by atoms with van der Waals surface area (Å²) in [6, 6.07) is 8.33. The van der Waals surface area contributed by atoms with Gasteiger partial charge in [-0.2, -0.15) is 0 Å². The number of aryl methyl sites for hydroxylation is 1. The van der Waals surface area contributed by atoms with Crippen LogP contribution in [0, 0.1) is 12.8 Å². The van der Waals surface area contributed by atoms with E-state index in [1.54, 1.807) is 0 Å². The van der Waals surface area contributed by atoms with Crippen LogP contribution >= 0.6 is 0 Å². The first-order valence-corrected chi connectivity index (χ1v) is 9.58. The van der Waals surface area contributed by atoms with Gasteiger partial charge in [0, 0.05) is 38.1 Å². The van der Waals surface area contributed by atoms with E-state index in [1.165, 1.54) is 5.56 Å². The average Bonchev–Trinajstić information content (AvgIpc) is 2.97. The number of imidazole rings is 1. The monoisotopic (exact) mass is 371 g/mol. The number of rotatable bonds is 9. The molecular formula is C21H33N5O. The summed E-state index contributed by atoms with van der Waals surface area (Å²) in [5.74, 6) is 1.54. The minimum Gasteiger partial charge on any atom is -0.334 e. The Bertz CT molecular complexity index is 713. The summed E-state index contributed by atoms with van der Waals surface area (Å²) in [4.78, 5) is 18.7. The molecule has 6 nitrogen and oxygen atoms in total. The fourth-order valence-corrected chi connectivity index (χ4v) is 3.21. The van der Waals surface area contributed by atoms with Gasteiger partial charge in [-0.3, -0.25) is 0 Å². The highest BCUT2D eigenvalue weighted by Crippen LogP contribution is 2.09. The van der Waals surface area contributed by atoms with E-state index < -0.39 is 0 Å². The Hall–Kier alpha value is -2.34. The molecule has 2 N–H and O–H groups in total. The summed E-state index contributed by atoms with van der Waals surface area (Å²) in [7, 11) is 4.06. The third-order valence-electron chi connectivity index (χ3n) is 4.40. The Kier molecular flexibility index (Phi) is 7.85. The molecule has 0 radical (unpaired) electrons. The first-order valence-electron chi connectivity index (χ1n) is 9.58. The fourth-order valence-electron chi connectivity index (χ4n) is 3.21. The van der Waals surface area contributed by atoms with E-state index >= 15 is 0 Å². The molecule has 0 bridgehead atoms. The van der Waals surface area contributed by atoms with Crippen molar-refractivity contribution in [2.45, 2.75) is 46.3 Å². The van der Waals surface area contributed by atoms with Gasteiger partial charge in [0.2, 0.25) is 0 Å². The smallest absolute Gasteiger partial charge is 0.315 e. The van der Waals surface area contributed by atoms with Crippen LogP contribution in [0.5, 0.6) is 0 Å². The maximum Gasteiger partial charge on any atom is 0.315 e. The maximum atomic E-state index is 12.3. The molecule has 2 aromatic rings. The minimum atomic E-state index is -0.113. The highest BCUT2D eigenvalue weighted by atomic mass is 16.2. The SMILES string of the molecule is Cc1nccn1Cc1cccc(CNC(=O)NC(CC(C)C)CN(C)C)c1. The van der Waals surface area contributed by atoms with Gasteiger partial charge in [-0.15, -0.1) is 0 Å². The van der Waals surface area contributed by atoms with Gasteiger partial charge in [-0.1, -0.05) is 38.1 Å². The zero-order valence-corrected chi connectivity index (χ0v) is 17.2. The summed E-state index contributed by atoms with van der Waals surface area (Å²) in [6.07, 6.45) is 4.76. The van der Waals surface area contributed by atoms with Gasteiger partial charge in [-0.25, -0.2) is 9.78 Å². The van der Waals surface area contributed by atoms with E-state index in [0.717, 1.165) is 30.9 Å². The zero-order valence-electron chi connectivity index (χ0n) is 17.2. The average molecular weight is 372 g/mol. The Balaban J connectivity index is 1.88. The lowest BCUT2D eigenvalue weighted by atomic mass is 10.0. The van der Waals surface area contributed by atoms with Crippen molar-refractivity contribution < 1.29 is 4.79 Å². The lowest BCUT2D eigenvalue weighted by molar-refractivity contribution is 0.228. The number of amides is 2. The number of carbonyl (C=O) groups excluding carboxylic acids is 1. The van der Waals surface area contributed by atoms with Gasteiger partial charge in [0.15, 0.2) is 0 Å². The summed E-state index contributed by atoms with van der Waals surface area (Å²) in [6.45, 7) is 8.48. The first kappa shape index (κ1) is 21.0. The number of likely N-dealkylation sites (N-methyl/N-ethyl adjacent to an activating group) is 1. The molecule has 6 heteroatoms. The third-order valence-corrected chi connectivity index (χ3v) is 4.40. The molecule has 1 aromatic carbocycles. The highest BCUT2D eigenvalue weighted by Gasteiger charge is 2.14. The van der Waals surface area contributed by atoms with Gasteiger partial charge in [-0.05, 0) is 44.5 Å². The number of nitrogens with zero attached hydrogens (tertiary/aromatic N) is 3. The van der Waals surface area contributed by atoms with Gasteiger partial charge in [0.05, 0.1) is 0 Å². The molecule has 0 fully saturated rings. The predicted molar refractivity (Wildman–Crippen MR) is 110 cm³/mol. The van der Waals surface area contributed by atoms with E-state index in [-0.39, 0.29) is 12.1 Å². The number of urea groups is 1. The second-order valence-corrected chi connectivity index (χ2v) is 7.84. The summed E-state index contributed by atoms with van der Waals surface area (Å²) < 4.78 is 2.11.